The van der Waals surface area contributed by atoms with Gasteiger partial charge in [0.1, 0.15) is 0 Å². The van der Waals surface area contributed by atoms with Crippen molar-refractivity contribution in [1.82, 2.24) is 9.78 Å². The van der Waals surface area contributed by atoms with Crippen LogP contribution in [0.4, 0.5) is 0 Å². The van der Waals surface area contributed by atoms with E-state index >= 15 is 0 Å². The molecule has 140 valence electrons. The maximum Gasteiger partial charge on any atom is 0.359 e. The van der Waals surface area contributed by atoms with Gasteiger partial charge in [0.2, 0.25) is 0 Å². The van der Waals surface area contributed by atoms with Crippen molar-refractivity contribution in [1.29, 1.82) is 0 Å². The zero-order chi connectivity index (χ0) is 19.6. The van der Waals surface area contributed by atoms with Crippen molar-refractivity contribution in [3.05, 3.63) is 68.8 Å². The molecule has 0 fully saturated rings. The number of halogens is 4. The molecule has 0 amide bonds. The molecular weight excluding hydrogens is 474 g/mol. The minimum Gasteiger partial charge on any atom is -0.461 e. The number of benzene rings is 2. The second kappa shape index (κ2) is 8.65. The molecule has 0 bridgehead atoms. The monoisotopic (exact) mass is 486 g/mol. The first-order valence-corrected chi connectivity index (χ1v) is 10.3. The summed E-state index contributed by atoms with van der Waals surface area (Å²) in [5.74, 6) is -0.494. The van der Waals surface area contributed by atoms with E-state index in [-0.39, 0.29) is 12.3 Å². The highest BCUT2D eigenvalue weighted by Gasteiger charge is 2.25. The van der Waals surface area contributed by atoms with Gasteiger partial charge in [0.15, 0.2) is 5.69 Å². The molecule has 0 N–H and O–H groups in total. The fourth-order valence-electron chi connectivity index (χ4n) is 2.67. The van der Waals surface area contributed by atoms with Crippen LogP contribution in [-0.4, -0.2) is 22.4 Å². The number of nitrogens with zero attached hydrogens (tertiary/aromatic N) is 2. The number of alkyl halides is 1. The molecule has 2 aromatic carbocycles. The van der Waals surface area contributed by atoms with Gasteiger partial charge in [-0.2, -0.15) is 5.10 Å². The first kappa shape index (κ1) is 20.2. The number of ether oxygens (including phenoxy) is 1. The number of esters is 1. The van der Waals surface area contributed by atoms with E-state index in [0.29, 0.717) is 31.6 Å². The van der Waals surface area contributed by atoms with Crippen molar-refractivity contribution in [2.24, 2.45) is 0 Å². The van der Waals surface area contributed by atoms with Gasteiger partial charge in [-0.15, -0.1) is 0 Å². The molecule has 4 nitrogen and oxygen atoms in total. The highest BCUT2D eigenvalue weighted by Crippen LogP contribution is 2.34. The minimum atomic E-state index is -0.494. The summed E-state index contributed by atoms with van der Waals surface area (Å²) in [6.45, 7) is 2.00. The molecule has 0 atom stereocenters. The maximum absolute atomic E-state index is 12.5. The highest BCUT2D eigenvalue weighted by molar-refractivity contribution is 9.08. The van der Waals surface area contributed by atoms with Gasteiger partial charge in [-0.3, -0.25) is 0 Å². The van der Waals surface area contributed by atoms with E-state index in [0.717, 1.165) is 11.3 Å². The van der Waals surface area contributed by atoms with Crippen LogP contribution in [0.15, 0.2) is 42.5 Å². The summed E-state index contributed by atoms with van der Waals surface area (Å²) in [5, 5.41) is 6.45. The number of carbonyl (C=O) groups is 1. The highest BCUT2D eigenvalue weighted by atomic mass is 79.9. The normalized spacial score (nSPS) is 10.9. The molecule has 8 heteroatoms. The SMILES string of the molecule is CCOC(=O)c1nn(-c2ccc(Cl)cc2Cl)c(-c2ccc(Cl)cc2)c1CBr. The van der Waals surface area contributed by atoms with Crippen LogP contribution in [0.5, 0.6) is 0 Å². The van der Waals surface area contributed by atoms with Gasteiger partial charge in [0.25, 0.3) is 0 Å². The molecule has 0 aliphatic heterocycles. The van der Waals surface area contributed by atoms with Crippen LogP contribution in [0, 0.1) is 0 Å². The third-order valence-electron chi connectivity index (χ3n) is 3.84. The second-order valence-electron chi connectivity index (χ2n) is 5.54. The minimum absolute atomic E-state index is 0.227. The van der Waals surface area contributed by atoms with Gasteiger partial charge in [-0.05, 0) is 37.3 Å². The lowest BCUT2D eigenvalue weighted by atomic mass is 10.1. The van der Waals surface area contributed by atoms with Gasteiger partial charge in [0.05, 0.1) is 23.0 Å². The molecule has 27 heavy (non-hydrogen) atoms. The van der Waals surface area contributed by atoms with E-state index in [1.54, 1.807) is 41.9 Å². The van der Waals surface area contributed by atoms with E-state index in [1.807, 2.05) is 12.1 Å². The Bertz CT molecular complexity index is 987. The van der Waals surface area contributed by atoms with Crippen molar-refractivity contribution in [2.75, 3.05) is 6.61 Å². The molecule has 0 radical (unpaired) electrons. The van der Waals surface area contributed by atoms with E-state index in [2.05, 4.69) is 21.0 Å². The predicted octanol–water partition coefficient (Wildman–Crippen LogP) is 6.57. The largest absolute Gasteiger partial charge is 0.461 e. The van der Waals surface area contributed by atoms with Gasteiger partial charge in [-0.25, -0.2) is 9.48 Å². The molecule has 0 saturated heterocycles. The van der Waals surface area contributed by atoms with Crippen LogP contribution in [0.2, 0.25) is 15.1 Å². The Morgan fingerprint density at radius 1 is 1.11 bits per heavy atom. The summed E-state index contributed by atoms with van der Waals surface area (Å²) in [6.07, 6.45) is 0. The Morgan fingerprint density at radius 3 is 2.37 bits per heavy atom. The molecule has 0 spiro atoms. The van der Waals surface area contributed by atoms with Crippen LogP contribution in [-0.2, 0) is 10.1 Å². The van der Waals surface area contributed by atoms with Crippen molar-refractivity contribution >= 4 is 56.7 Å². The zero-order valence-corrected chi connectivity index (χ0v) is 18.0. The third kappa shape index (κ3) is 4.16. The molecule has 0 aliphatic rings. The smallest absolute Gasteiger partial charge is 0.359 e. The fourth-order valence-corrected chi connectivity index (χ4v) is 3.82. The van der Waals surface area contributed by atoms with Crippen molar-refractivity contribution < 1.29 is 9.53 Å². The summed E-state index contributed by atoms with van der Waals surface area (Å²) in [6, 6.07) is 12.4. The van der Waals surface area contributed by atoms with Crippen molar-refractivity contribution in [3.63, 3.8) is 0 Å². The fraction of sp³-hybridized carbons (Fsp3) is 0.158. The van der Waals surface area contributed by atoms with Crippen molar-refractivity contribution in [3.8, 4) is 16.9 Å². The topological polar surface area (TPSA) is 44.1 Å². The van der Waals surface area contributed by atoms with Crippen LogP contribution < -0.4 is 0 Å². The van der Waals surface area contributed by atoms with Gasteiger partial charge >= 0.3 is 5.97 Å². The molecule has 0 saturated carbocycles. The number of aromatic nitrogens is 2. The van der Waals surface area contributed by atoms with E-state index in [4.69, 9.17) is 39.5 Å². The number of hydrogen-bond donors (Lipinski definition) is 0. The first-order chi connectivity index (χ1) is 13.0. The Hall–Kier alpha value is -1.53. The van der Waals surface area contributed by atoms with Gasteiger partial charge < -0.3 is 4.74 Å². The van der Waals surface area contributed by atoms with E-state index < -0.39 is 5.97 Å². The maximum atomic E-state index is 12.5. The zero-order valence-electron chi connectivity index (χ0n) is 14.2. The Balaban J connectivity index is 2.30. The summed E-state index contributed by atoms with van der Waals surface area (Å²) in [4.78, 5) is 12.5. The summed E-state index contributed by atoms with van der Waals surface area (Å²) < 4.78 is 6.80. The lowest BCUT2D eigenvalue weighted by molar-refractivity contribution is 0.0518. The molecule has 0 unspecified atom stereocenters. The second-order valence-corrected chi connectivity index (χ2v) is 7.39. The Labute approximate surface area is 180 Å². The standard InChI is InChI=1S/C19H14BrCl3N2O2/c1-2-27-19(26)17-14(10-20)18(11-3-5-12(21)6-4-11)25(24-17)16-8-7-13(22)9-15(16)23/h3-9H,2,10H2,1H3. The summed E-state index contributed by atoms with van der Waals surface area (Å²) in [7, 11) is 0. The summed E-state index contributed by atoms with van der Waals surface area (Å²) in [5.41, 5.74) is 3.08. The Morgan fingerprint density at radius 2 is 1.78 bits per heavy atom. The summed E-state index contributed by atoms with van der Waals surface area (Å²) >= 11 is 21.9. The lowest BCUT2D eigenvalue weighted by Gasteiger charge is -2.11. The lowest BCUT2D eigenvalue weighted by Crippen LogP contribution is -2.08. The quantitative estimate of drug-likeness (QED) is 0.301. The molecule has 1 aromatic heterocycles. The molecule has 3 rings (SSSR count). The first-order valence-electron chi connectivity index (χ1n) is 8.02. The number of rotatable bonds is 5. The Kier molecular flexibility index (Phi) is 6.48. The van der Waals surface area contributed by atoms with E-state index in [9.17, 15) is 4.79 Å². The molecular formula is C19H14BrCl3N2O2. The van der Waals surface area contributed by atoms with Crippen LogP contribution in [0.3, 0.4) is 0 Å². The third-order valence-corrected chi connectivity index (χ3v) is 5.19. The molecule has 1 heterocycles. The van der Waals surface area contributed by atoms with Crippen LogP contribution >= 0.6 is 50.7 Å². The average molecular weight is 489 g/mol. The van der Waals surface area contributed by atoms with E-state index in [1.165, 1.54) is 0 Å². The van der Waals surface area contributed by atoms with Gasteiger partial charge in [-0.1, -0.05) is 62.9 Å². The predicted molar refractivity (Wildman–Crippen MR) is 113 cm³/mol. The van der Waals surface area contributed by atoms with Gasteiger partial charge in [0, 0.05) is 26.5 Å². The van der Waals surface area contributed by atoms with Crippen LogP contribution in [0.1, 0.15) is 23.0 Å². The van der Waals surface area contributed by atoms with Crippen LogP contribution in [0.25, 0.3) is 16.9 Å². The number of hydrogen-bond acceptors (Lipinski definition) is 3. The van der Waals surface area contributed by atoms with Crippen molar-refractivity contribution in [2.45, 2.75) is 12.3 Å². The average Bonchev–Trinajstić information content (AvgIpc) is 3.02. The molecule has 0 aliphatic carbocycles. The molecule has 3 aromatic rings. The number of carbonyl (C=O) groups excluding carboxylic acids is 1.